The van der Waals surface area contributed by atoms with Gasteiger partial charge in [0.1, 0.15) is 5.75 Å². The van der Waals surface area contributed by atoms with Crippen molar-refractivity contribution in [1.29, 1.82) is 0 Å². The van der Waals surface area contributed by atoms with Gasteiger partial charge in [0.25, 0.3) is 0 Å². The van der Waals surface area contributed by atoms with Gasteiger partial charge in [0.05, 0.1) is 7.11 Å². The summed E-state index contributed by atoms with van der Waals surface area (Å²) in [6.07, 6.45) is 2.25. The molecule has 0 aromatic heterocycles. The average molecular weight is 250 g/mol. The lowest BCUT2D eigenvalue weighted by molar-refractivity contribution is 0.315. The van der Waals surface area contributed by atoms with E-state index in [1.54, 1.807) is 7.11 Å². The largest absolute Gasteiger partial charge is 0.496 e. The maximum absolute atomic E-state index is 5.75. The molecule has 1 aromatic rings. The molecule has 1 rings (SSSR count). The van der Waals surface area contributed by atoms with Crippen molar-refractivity contribution in [3.05, 3.63) is 29.3 Å². The fourth-order valence-electron chi connectivity index (χ4n) is 2.11. The smallest absolute Gasteiger partial charge is 0.121 e. The van der Waals surface area contributed by atoms with Gasteiger partial charge >= 0.3 is 0 Å². The molecule has 0 saturated heterocycles. The monoisotopic (exact) mass is 250 g/mol. The maximum Gasteiger partial charge on any atom is 0.121 e. The standard InChI is InChI=1S/C15H26N2O/c1-12-10-14(7-8-15(12)18-4)11-17(3)9-5-6-13(2)16/h7-8,10,13H,5-6,9,11,16H2,1-4H3. The number of nitrogens with two attached hydrogens (primary N) is 1. The summed E-state index contributed by atoms with van der Waals surface area (Å²) in [5, 5.41) is 0. The first kappa shape index (κ1) is 15.0. The van der Waals surface area contributed by atoms with Gasteiger partial charge < -0.3 is 15.4 Å². The van der Waals surface area contributed by atoms with E-state index in [-0.39, 0.29) is 0 Å². The minimum atomic E-state index is 0.307. The van der Waals surface area contributed by atoms with Crippen LogP contribution in [0.15, 0.2) is 18.2 Å². The van der Waals surface area contributed by atoms with Gasteiger partial charge in [-0.05, 0) is 57.5 Å². The first-order chi connectivity index (χ1) is 8.52. The molecule has 0 bridgehead atoms. The summed E-state index contributed by atoms with van der Waals surface area (Å²) in [5.74, 6) is 0.957. The number of ether oxygens (including phenoxy) is 1. The Hall–Kier alpha value is -1.06. The fourth-order valence-corrected chi connectivity index (χ4v) is 2.11. The Labute approximate surface area is 111 Å². The molecule has 18 heavy (non-hydrogen) atoms. The number of rotatable bonds is 7. The average Bonchev–Trinajstić information content (AvgIpc) is 2.28. The van der Waals surface area contributed by atoms with Crippen LogP contribution < -0.4 is 10.5 Å². The summed E-state index contributed by atoms with van der Waals surface area (Å²) in [7, 11) is 3.86. The van der Waals surface area contributed by atoms with Crippen LogP contribution in [0.3, 0.4) is 0 Å². The molecule has 0 amide bonds. The quantitative estimate of drug-likeness (QED) is 0.808. The van der Waals surface area contributed by atoms with Gasteiger partial charge in [0.15, 0.2) is 0 Å². The molecule has 0 aliphatic carbocycles. The van der Waals surface area contributed by atoms with Gasteiger partial charge in [-0.3, -0.25) is 0 Å². The molecule has 102 valence electrons. The zero-order valence-electron chi connectivity index (χ0n) is 12.1. The highest BCUT2D eigenvalue weighted by molar-refractivity contribution is 5.36. The second kappa shape index (κ2) is 7.39. The molecule has 0 fully saturated rings. The molecule has 3 heteroatoms. The van der Waals surface area contributed by atoms with E-state index in [0.717, 1.165) is 31.7 Å². The number of hydrogen-bond acceptors (Lipinski definition) is 3. The van der Waals surface area contributed by atoms with Crippen LogP contribution in [0.4, 0.5) is 0 Å². The van der Waals surface area contributed by atoms with E-state index >= 15 is 0 Å². The molecule has 3 nitrogen and oxygen atoms in total. The second-order valence-electron chi connectivity index (χ2n) is 5.16. The zero-order chi connectivity index (χ0) is 13.5. The van der Waals surface area contributed by atoms with Crippen LogP contribution in [0.5, 0.6) is 5.75 Å². The first-order valence-corrected chi connectivity index (χ1v) is 6.60. The molecule has 1 unspecified atom stereocenters. The third kappa shape index (κ3) is 5.07. The highest BCUT2D eigenvalue weighted by Crippen LogP contribution is 2.19. The maximum atomic E-state index is 5.75. The van der Waals surface area contributed by atoms with E-state index in [1.165, 1.54) is 11.1 Å². The lowest BCUT2D eigenvalue weighted by atomic mass is 10.1. The van der Waals surface area contributed by atoms with Gasteiger partial charge in [-0.2, -0.15) is 0 Å². The van der Waals surface area contributed by atoms with Crippen molar-refractivity contribution in [3.63, 3.8) is 0 Å². The van der Waals surface area contributed by atoms with Crippen molar-refractivity contribution in [2.24, 2.45) is 5.73 Å². The number of aryl methyl sites for hydroxylation is 1. The summed E-state index contributed by atoms with van der Waals surface area (Å²) >= 11 is 0. The van der Waals surface area contributed by atoms with Crippen molar-refractivity contribution in [3.8, 4) is 5.75 Å². The van der Waals surface area contributed by atoms with E-state index in [1.807, 2.05) is 6.07 Å². The Morgan fingerprint density at radius 2 is 2.11 bits per heavy atom. The van der Waals surface area contributed by atoms with E-state index < -0.39 is 0 Å². The van der Waals surface area contributed by atoms with Gasteiger partial charge in [0.2, 0.25) is 0 Å². The molecule has 0 radical (unpaired) electrons. The van der Waals surface area contributed by atoms with Crippen molar-refractivity contribution in [2.75, 3.05) is 20.7 Å². The molecule has 1 aromatic carbocycles. The number of nitrogens with zero attached hydrogens (tertiary/aromatic N) is 1. The third-order valence-corrected chi connectivity index (χ3v) is 3.11. The van der Waals surface area contributed by atoms with Crippen LogP contribution >= 0.6 is 0 Å². The normalized spacial score (nSPS) is 12.8. The van der Waals surface area contributed by atoms with Crippen LogP contribution in [0, 0.1) is 6.92 Å². The van der Waals surface area contributed by atoms with Crippen molar-refractivity contribution in [2.45, 2.75) is 39.3 Å². The van der Waals surface area contributed by atoms with Crippen LogP contribution in [0.1, 0.15) is 30.9 Å². The van der Waals surface area contributed by atoms with Crippen molar-refractivity contribution < 1.29 is 4.74 Å². The molecule has 2 N–H and O–H groups in total. The van der Waals surface area contributed by atoms with Crippen LogP contribution in [0.25, 0.3) is 0 Å². The molecule has 1 atom stereocenters. The number of benzene rings is 1. The Morgan fingerprint density at radius 1 is 1.39 bits per heavy atom. The summed E-state index contributed by atoms with van der Waals surface area (Å²) in [5.41, 5.74) is 8.27. The summed E-state index contributed by atoms with van der Waals surface area (Å²) in [6.45, 7) is 6.21. The first-order valence-electron chi connectivity index (χ1n) is 6.60. The van der Waals surface area contributed by atoms with E-state index in [0.29, 0.717) is 6.04 Å². The van der Waals surface area contributed by atoms with E-state index in [4.69, 9.17) is 10.5 Å². The summed E-state index contributed by atoms with van der Waals surface area (Å²) in [6, 6.07) is 6.68. The lowest BCUT2D eigenvalue weighted by Crippen LogP contribution is -2.22. The van der Waals surface area contributed by atoms with Crippen LogP contribution in [0.2, 0.25) is 0 Å². The molecule has 0 aliphatic heterocycles. The zero-order valence-corrected chi connectivity index (χ0v) is 12.1. The van der Waals surface area contributed by atoms with Crippen molar-refractivity contribution >= 4 is 0 Å². The summed E-state index contributed by atoms with van der Waals surface area (Å²) < 4.78 is 5.27. The Bertz CT molecular complexity index is 364. The molecular weight excluding hydrogens is 224 g/mol. The molecule has 0 spiro atoms. The van der Waals surface area contributed by atoms with Crippen LogP contribution in [-0.4, -0.2) is 31.6 Å². The molecule has 0 saturated carbocycles. The van der Waals surface area contributed by atoms with Gasteiger partial charge in [0, 0.05) is 12.6 Å². The summed E-state index contributed by atoms with van der Waals surface area (Å²) in [4.78, 5) is 2.34. The van der Waals surface area contributed by atoms with Gasteiger partial charge in [-0.25, -0.2) is 0 Å². The molecule has 0 aliphatic rings. The van der Waals surface area contributed by atoms with E-state index in [2.05, 4.69) is 37.9 Å². The van der Waals surface area contributed by atoms with E-state index in [9.17, 15) is 0 Å². The number of hydrogen-bond donors (Lipinski definition) is 1. The second-order valence-corrected chi connectivity index (χ2v) is 5.16. The Morgan fingerprint density at radius 3 is 2.67 bits per heavy atom. The van der Waals surface area contributed by atoms with Crippen LogP contribution in [-0.2, 0) is 6.54 Å². The fraction of sp³-hybridized carbons (Fsp3) is 0.600. The van der Waals surface area contributed by atoms with Crippen molar-refractivity contribution in [1.82, 2.24) is 4.90 Å². The number of methoxy groups -OCH3 is 1. The predicted octanol–water partition coefficient (Wildman–Crippen LogP) is 2.56. The van der Waals surface area contributed by atoms with Gasteiger partial charge in [-0.15, -0.1) is 0 Å². The molecular formula is C15H26N2O. The predicted molar refractivity (Wildman–Crippen MR) is 76.9 cm³/mol. The Kier molecular flexibility index (Phi) is 6.16. The van der Waals surface area contributed by atoms with Gasteiger partial charge in [-0.1, -0.05) is 12.1 Å². The third-order valence-electron chi connectivity index (χ3n) is 3.11. The minimum absolute atomic E-state index is 0.307. The lowest BCUT2D eigenvalue weighted by Gasteiger charge is -2.18. The highest BCUT2D eigenvalue weighted by Gasteiger charge is 2.04. The minimum Gasteiger partial charge on any atom is -0.496 e. The Balaban J connectivity index is 2.44. The molecule has 0 heterocycles. The topological polar surface area (TPSA) is 38.5 Å². The SMILES string of the molecule is COc1ccc(CN(C)CCCC(C)N)cc1C. The highest BCUT2D eigenvalue weighted by atomic mass is 16.5.